The van der Waals surface area contributed by atoms with Gasteiger partial charge in [-0.1, -0.05) is 173 Å². The first-order chi connectivity index (χ1) is 28.3. The minimum Gasteiger partial charge on any atom is -0.310 e. The van der Waals surface area contributed by atoms with Gasteiger partial charge in [-0.15, -0.1) is 0 Å². The first-order valence-electron chi connectivity index (χ1n) is 21.0. The number of hydrogen-bond acceptors (Lipinski definition) is 1. The summed E-state index contributed by atoms with van der Waals surface area (Å²) in [5.74, 6) is 0. The van der Waals surface area contributed by atoms with Gasteiger partial charge in [-0.05, 0) is 131 Å². The molecule has 8 aromatic carbocycles. The Morgan fingerprint density at radius 3 is 1.38 bits per heavy atom. The molecule has 58 heavy (non-hydrogen) atoms. The summed E-state index contributed by atoms with van der Waals surface area (Å²) >= 11 is 0. The number of hydrogen-bond donors (Lipinski definition) is 0. The smallest absolute Gasteiger partial charge is 0.180 e. The minimum absolute atomic E-state index is 0.108. The maximum atomic E-state index is 2.64. The summed E-state index contributed by atoms with van der Waals surface area (Å²) in [6, 6.07) is 67.9. The van der Waals surface area contributed by atoms with Gasteiger partial charge in [-0.25, -0.2) is 0 Å². The van der Waals surface area contributed by atoms with E-state index in [9.17, 15) is 0 Å². The first-order valence-corrected chi connectivity index (χ1v) is 23.0. The zero-order chi connectivity index (χ0) is 39.0. The Morgan fingerprint density at radius 1 is 0.397 bits per heavy atom. The van der Waals surface area contributed by atoms with Crippen LogP contribution in [0.1, 0.15) is 61.1 Å². The molecule has 278 valence electrons. The molecule has 2 heteroatoms. The number of benzene rings is 8. The Morgan fingerprint density at radius 2 is 0.862 bits per heavy atom. The van der Waals surface area contributed by atoms with Crippen molar-refractivity contribution in [2.75, 3.05) is 4.90 Å². The van der Waals surface area contributed by atoms with E-state index in [-0.39, 0.29) is 10.8 Å². The van der Waals surface area contributed by atoms with Gasteiger partial charge in [0.2, 0.25) is 0 Å². The van der Waals surface area contributed by atoms with Gasteiger partial charge in [0.1, 0.15) is 0 Å². The molecule has 0 atom stereocenters. The van der Waals surface area contributed by atoms with E-state index in [1.807, 2.05) is 0 Å². The largest absolute Gasteiger partial charge is 0.310 e. The third-order valence-electron chi connectivity index (χ3n) is 14.4. The lowest BCUT2D eigenvalue weighted by atomic mass is 9.81. The average molecular weight is 760 g/mol. The van der Waals surface area contributed by atoms with E-state index in [0.717, 1.165) is 12.8 Å². The van der Waals surface area contributed by atoms with Crippen LogP contribution in [-0.2, 0) is 23.7 Å². The molecule has 8 aromatic rings. The molecule has 0 saturated heterocycles. The molecule has 12 rings (SSSR count). The molecular weight excluding hydrogens is 715 g/mol. The van der Waals surface area contributed by atoms with E-state index in [2.05, 4.69) is 209 Å². The third kappa shape index (κ3) is 4.36. The number of aryl methyl sites for hydroxylation is 1. The molecular formula is C56H45NSi. The average Bonchev–Trinajstić information content (AvgIpc) is 3.77. The molecule has 4 aliphatic rings. The monoisotopic (exact) mass is 759 g/mol. The van der Waals surface area contributed by atoms with Crippen LogP contribution >= 0.6 is 0 Å². The van der Waals surface area contributed by atoms with Crippen molar-refractivity contribution in [1.29, 1.82) is 0 Å². The van der Waals surface area contributed by atoms with Gasteiger partial charge in [-0.3, -0.25) is 0 Å². The fraction of sp³-hybridized carbons (Fsp3) is 0.143. The molecule has 0 radical (unpaired) electrons. The number of anilines is 3. The van der Waals surface area contributed by atoms with E-state index < -0.39 is 8.07 Å². The van der Waals surface area contributed by atoms with Crippen molar-refractivity contribution < 1.29 is 0 Å². The third-order valence-corrected chi connectivity index (χ3v) is 19.3. The van der Waals surface area contributed by atoms with Crippen molar-refractivity contribution in [3.8, 4) is 33.4 Å². The molecule has 0 fully saturated rings. The van der Waals surface area contributed by atoms with E-state index in [4.69, 9.17) is 0 Å². The summed E-state index contributed by atoms with van der Waals surface area (Å²) in [6.07, 6.45) is 2.18. The maximum absolute atomic E-state index is 2.72. The minimum atomic E-state index is -2.72. The standard InChI is InChI=1S/C56H45NSi/c1-55(2)48-22-12-8-18-42(48)44-30-27-37(33-50(44)55)57(38-28-31-45-43-19-9-13-23-49(43)56(3,4)51(45)34-38)52-35-40(32-36-26-29-41(36)52)58(39-16-6-5-7-17-39)53-24-14-10-20-46(53)47-21-11-15-25-54(47)58/h5-25,27-28,30-35H,26,29H2,1-4H3. The number of fused-ring (bicyclic) bond motifs is 10. The van der Waals surface area contributed by atoms with Crippen LogP contribution in [0.25, 0.3) is 33.4 Å². The predicted octanol–water partition coefficient (Wildman–Crippen LogP) is 11.2. The summed E-state index contributed by atoms with van der Waals surface area (Å²) in [5.41, 5.74) is 20.3. The molecule has 1 heterocycles. The Hall–Kier alpha value is -6.22. The van der Waals surface area contributed by atoms with Crippen molar-refractivity contribution in [2.24, 2.45) is 0 Å². The lowest BCUT2D eigenvalue weighted by Gasteiger charge is -2.38. The van der Waals surface area contributed by atoms with Gasteiger partial charge in [0.05, 0.1) is 0 Å². The SMILES string of the molecule is CC1(C)c2ccccc2-c2ccc(N(c3ccc4c(c3)C(C)(C)c3ccccc3-4)c3cc([Si]4(c5ccccc5)c5ccccc5-c5ccccc54)cc4c3CC4)cc21. The Balaban J connectivity index is 1.14. The predicted molar refractivity (Wildman–Crippen MR) is 246 cm³/mol. The fourth-order valence-corrected chi connectivity index (χ4v) is 16.8. The topological polar surface area (TPSA) is 3.24 Å². The molecule has 0 bridgehead atoms. The number of nitrogens with zero attached hydrogens (tertiary/aromatic N) is 1. The quantitative estimate of drug-likeness (QED) is 0.158. The van der Waals surface area contributed by atoms with Gasteiger partial charge >= 0.3 is 0 Å². The second-order valence-corrected chi connectivity index (χ2v) is 21.7. The van der Waals surface area contributed by atoms with Gasteiger partial charge < -0.3 is 4.90 Å². The van der Waals surface area contributed by atoms with E-state index in [1.54, 1.807) is 0 Å². The van der Waals surface area contributed by atoms with Gasteiger partial charge in [0.25, 0.3) is 0 Å². The highest BCUT2D eigenvalue weighted by molar-refractivity contribution is 7.22. The zero-order valence-electron chi connectivity index (χ0n) is 33.6. The van der Waals surface area contributed by atoms with Crippen LogP contribution < -0.4 is 25.6 Å². The molecule has 0 aromatic heterocycles. The van der Waals surface area contributed by atoms with Crippen LogP contribution in [0, 0.1) is 0 Å². The van der Waals surface area contributed by atoms with E-state index in [0.29, 0.717) is 0 Å². The number of rotatable bonds is 5. The second-order valence-electron chi connectivity index (χ2n) is 18.0. The highest BCUT2D eigenvalue weighted by Crippen LogP contribution is 2.53. The van der Waals surface area contributed by atoms with Crippen LogP contribution in [0.4, 0.5) is 17.1 Å². The van der Waals surface area contributed by atoms with Gasteiger partial charge in [0, 0.05) is 27.9 Å². The zero-order valence-corrected chi connectivity index (χ0v) is 34.6. The van der Waals surface area contributed by atoms with Crippen molar-refractivity contribution in [3.63, 3.8) is 0 Å². The van der Waals surface area contributed by atoms with Crippen LogP contribution in [0.3, 0.4) is 0 Å². The molecule has 3 aliphatic carbocycles. The molecule has 0 saturated carbocycles. The lowest BCUT2D eigenvalue weighted by Crippen LogP contribution is -2.73. The van der Waals surface area contributed by atoms with Crippen molar-refractivity contribution in [3.05, 3.63) is 209 Å². The Bertz CT molecular complexity index is 2870. The first kappa shape index (κ1) is 33.9. The normalized spacial score (nSPS) is 16.2. The van der Waals surface area contributed by atoms with Crippen molar-refractivity contribution in [2.45, 2.75) is 51.4 Å². The lowest BCUT2D eigenvalue weighted by molar-refractivity contribution is 0.660. The van der Waals surface area contributed by atoms with Crippen LogP contribution in [0.5, 0.6) is 0 Å². The second kappa shape index (κ2) is 11.9. The summed E-state index contributed by atoms with van der Waals surface area (Å²) in [5, 5.41) is 5.90. The Labute approximate surface area is 343 Å². The molecule has 0 spiro atoms. The van der Waals surface area contributed by atoms with E-state index >= 15 is 0 Å². The maximum Gasteiger partial charge on any atom is 0.180 e. The molecule has 0 N–H and O–H groups in total. The highest BCUT2D eigenvalue weighted by Gasteiger charge is 2.49. The molecule has 1 aliphatic heterocycles. The van der Waals surface area contributed by atoms with Crippen molar-refractivity contribution >= 4 is 45.9 Å². The summed E-state index contributed by atoms with van der Waals surface area (Å²) in [6.45, 7) is 9.60. The molecule has 0 amide bonds. The van der Waals surface area contributed by atoms with Crippen LogP contribution in [-0.4, -0.2) is 8.07 Å². The summed E-state index contributed by atoms with van der Waals surface area (Å²) in [4.78, 5) is 2.64. The highest BCUT2D eigenvalue weighted by atomic mass is 28.3. The van der Waals surface area contributed by atoms with Crippen LogP contribution in [0.2, 0.25) is 0 Å². The van der Waals surface area contributed by atoms with Crippen LogP contribution in [0.15, 0.2) is 176 Å². The summed E-state index contributed by atoms with van der Waals surface area (Å²) < 4.78 is 0. The van der Waals surface area contributed by atoms with Gasteiger partial charge in [-0.2, -0.15) is 0 Å². The molecule has 1 nitrogen and oxygen atoms in total. The summed E-state index contributed by atoms with van der Waals surface area (Å²) in [7, 11) is -2.72. The molecule has 0 unspecified atom stereocenters. The van der Waals surface area contributed by atoms with E-state index in [1.165, 1.54) is 105 Å². The van der Waals surface area contributed by atoms with Crippen molar-refractivity contribution in [1.82, 2.24) is 0 Å². The van der Waals surface area contributed by atoms with Gasteiger partial charge in [0.15, 0.2) is 8.07 Å². The fourth-order valence-electron chi connectivity index (χ4n) is 11.5. The Kier molecular flexibility index (Phi) is 6.96.